The van der Waals surface area contributed by atoms with Gasteiger partial charge in [-0.2, -0.15) is 0 Å². The van der Waals surface area contributed by atoms with Crippen LogP contribution in [0.25, 0.3) is 0 Å². The van der Waals surface area contributed by atoms with Gasteiger partial charge in [0.1, 0.15) is 17.4 Å². The normalized spacial score (nSPS) is 27.6. The number of amides is 1. The Kier molecular flexibility index (Phi) is 4.20. The van der Waals surface area contributed by atoms with Crippen LogP contribution >= 0.6 is 0 Å². The van der Waals surface area contributed by atoms with E-state index in [1.807, 2.05) is 12.1 Å². The van der Waals surface area contributed by atoms with Crippen LogP contribution in [0.15, 0.2) is 18.2 Å². The van der Waals surface area contributed by atoms with Gasteiger partial charge in [-0.3, -0.25) is 0 Å². The molecule has 0 aromatic heterocycles. The Bertz CT molecular complexity index is 729. The number of aryl methyl sites for hydroxylation is 1. The summed E-state index contributed by atoms with van der Waals surface area (Å²) < 4.78 is 10.5. The second kappa shape index (κ2) is 5.89. The lowest BCUT2D eigenvalue weighted by molar-refractivity contribution is -0.183. The smallest absolute Gasteiger partial charge is 0.408 e. The molecule has 0 radical (unpaired) electrons. The van der Waals surface area contributed by atoms with E-state index in [2.05, 4.69) is 18.3 Å². The summed E-state index contributed by atoms with van der Waals surface area (Å²) in [4.78, 5) is 23.8. The SMILES string of the molecule is COc1ccc(C23CC(C(NC(=O)OC(C)(C)C)C(=O)O)(C2)C3)c(C)c1. The number of rotatable bonds is 5. The van der Waals surface area contributed by atoms with Crippen LogP contribution in [0, 0.1) is 12.3 Å². The fourth-order valence-electron chi connectivity index (χ4n) is 4.72. The molecule has 3 aliphatic carbocycles. The van der Waals surface area contributed by atoms with E-state index in [-0.39, 0.29) is 10.8 Å². The third kappa shape index (κ3) is 3.02. The number of nitrogens with one attached hydrogen (secondary N) is 1. The molecule has 26 heavy (non-hydrogen) atoms. The summed E-state index contributed by atoms with van der Waals surface area (Å²) >= 11 is 0. The van der Waals surface area contributed by atoms with Crippen LogP contribution < -0.4 is 10.1 Å². The standard InChI is InChI=1S/C20H27NO5/c1-12-8-13(25-5)6-7-14(12)19-9-20(10-19,11-19)15(16(22)23)21-17(24)26-18(2,3)4/h6-8,15H,9-11H2,1-5H3,(H,21,24)(H,22,23). The summed E-state index contributed by atoms with van der Waals surface area (Å²) in [6, 6.07) is 5.12. The number of benzene rings is 1. The molecule has 1 atom stereocenters. The highest BCUT2D eigenvalue weighted by Crippen LogP contribution is 2.75. The van der Waals surface area contributed by atoms with Gasteiger partial charge in [0, 0.05) is 5.41 Å². The number of hydrogen-bond acceptors (Lipinski definition) is 4. The van der Waals surface area contributed by atoms with Crippen molar-refractivity contribution in [2.45, 2.75) is 64.0 Å². The highest BCUT2D eigenvalue weighted by Gasteiger charge is 2.72. The third-order valence-corrected chi connectivity index (χ3v) is 5.60. The molecule has 6 heteroatoms. The van der Waals surface area contributed by atoms with Crippen molar-refractivity contribution >= 4 is 12.1 Å². The van der Waals surface area contributed by atoms with Gasteiger partial charge >= 0.3 is 12.1 Å². The molecule has 6 nitrogen and oxygen atoms in total. The first-order chi connectivity index (χ1) is 12.0. The molecule has 3 aliphatic rings. The van der Waals surface area contributed by atoms with Crippen molar-refractivity contribution in [1.82, 2.24) is 5.32 Å². The van der Waals surface area contributed by atoms with Gasteiger partial charge in [0.2, 0.25) is 0 Å². The van der Waals surface area contributed by atoms with Gasteiger partial charge in [0.15, 0.2) is 0 Å². The van der Waals surface area contributed by atoms with Crippen LogP contribution in [0.1, 0.15) is 51.2 Å². The van der Waals surface area contributed by atoms with Crippen molar-refractivity contribution < 1.29 is 24.2 Å². The Morgan fingerprint density at radius 1 is 1.23 bits per heavy atom. The predicted molar refractivity (Wildman–Crippen MR) is 96.5 cm³/mol. The van der Waals surface area contributed by atoms with Crippen LogP contribution in [0.4, 0.5) is 4.79 Å². The second-order valence-corrected chi connectivity index (χ2v) is 8.77. The molecule has 0 spiro atoms. The van der Waals surface area contributed by atoms with E-state index < -0.39 is 23.7 Å². The summed E-state index contributed by atoms with van der Waals surface area (Å²) in [7, 11) is 1.64. The summed E-state index contributed by atoms with van der Waals surface area (Å²) in [6.45, 7) is 7.32. The summed E-state index contributed by atoms with van der Waals surface area (Å²) in [5, 5.41) is 12.2. The molecule has 2 bridgehead atoms. The van der Waals surface area contributed by atoms with E-state index in [1.165, 1.54) is 5.56 Å². The zero-order valence-electron chi connectivity index (χ0n) is 16.0. The number of carboxylic acid groups (broad SMARTS) is 1. The maximum Gasteiger partial charge on any atom is 0.408 e. The molecule has 3 fully saturated rings. The first-order valence-corrected chi connectivity index (χ1v) is 8.88. The predicted octanol–water partition coefficient (Wildman–Crippen LogP) is 3.40. The van der Waals surface area contributed by atoms with Gasteiger partial charge in [-0.15, -0.1) is 0 Å². The largest absolute Gasteiger partial charge is 0.497 e. The molecule has 1 aromatic carbocycles. The maximum absolute atomic E-state index is 12.0. The summed E-state index contributed by atoms with van der Waals surface area (Å²) in [5.41, 5.74) is 1.40. The van der Waals surface area contributed by atoms with Gasteiger partial charge in [-0.25, -0.2) is 9.59 Å². The van der Waals surface area contributed by atoms with Crippen LogP contribution in [0.5, 0.6) is 5.75 Å². The highest BCUT2D eigenvalue weighted by molar-refractivity contribution is 5.82. The lowest BCUT2D eigenvalue weighted by Gasteiger charge is -2.72. The van der Waals surface area contributed by atoms with Crippen molar-refractivity contribution in [3.05, 3.63) is 29.3 Å². The van der Waals surface area contributed by atoms with Gasteiger partial charge in [-0.05, 0) is 75.6 Å². The molecule has 142 valence electrons. The maximum atomic E-state index is 12.0. The van der Waals surface area contributed by atoms with Crippen molar-refractivity contribution in [3.63, 3.8) is 0 Å². The number of aliphatic carboxylic acids is 1. The first-order valence-electron chi connectivity index (χ1n) is 8.88. The van der Waals surface area contributed by atoms with E-state index >= 15 is 0 Å². The van der Waals surface area contributed by atoms with Gasteiger partial charge in [-0.1, -0.05) is 6.07 Å². The number of carboxylic acids is 1. The lowest BCUT2D eigenvalue weighted by Crippen LogP contribution is -2.73. The lowest BCUT2D eigenvalue weighted by atomic mass is 9.31. The van der Waals surface area contributed by atoms with Crippen molar-refractivity contribution in [2.75, 3.05) is 7.11 Å². The molecular formula is C20H27NO5. The van der Waals surface area contributed by atoms with Crippen molar-refractivity contribution in [1.29, 1.82) is 0 Å². The fourth-order valence-corrected chi connectivity index (χ4v) is 4.72. The van der Waals surface area contributed by atoms with E-state index in [0.717, 1.165) is 30.6 Å². The van der Waals surface area contributed by atoms with Gasteiger partial charge < -0.3 is 19.9 Å². The Morgan fingerprint density at radius 2 is 1.85 bits per heavy atom. The number of carbonyl (C=O) groups excluding carboxylic acids is 1. The minimum atomic E-state index is -1.00. The number of alkyl carbamates (subject to hydrolysis) is 1. The zero-order chi connectivity index (χ0) is 19.3. The number of carbonyl (C=O) groups is 2. The zero-order valence-corrected chi connectivity index (χ0v) is 16.0. The van der Waals surface area contributed by atoms with Gasteiger partial charge in [0.05, 0.1) is 7.11 Å². The Balaban J connectivity index is 1.71. The number of ether oxygens (including phenoxy) is 2. The molecule has 1 aromatic rings. The molecule has 0 aliphatic heterocycles. The summed E-state index contributed by atoms with van der Waals surface area (Å²) in [6.07, 6.45) is 1.61. The minimum absolute atomic E-state index is 0.0274. The molecule has 0 saturated heterocycles. The summed E-state index contributed by atoms with van der Waals surface area (Å²) in [5.74, 6) is -0.182. The second-order valence-electron chi connectivity index (χ2n) is 8.77. The first kappa shape index (κ1) is 18.5. The molecule has 4 rings (SSSR count). The van der Waals surface area contributed by atoms with Crippen molar-refractivity contribution in [3.8, 4) is 5.75 Å². The Hall–Kier alpha value is -2.24. The van der Waals surface area contributed by atoms with E-state index in [4.69, 9.17) is 9.47 Å². The molecule has 3 saturated carbocycles. The quantitative estimate of drug-likeness (QED) is 0.839. The van der Waals surface area contributed by atoms with Gasteiger partial charge in [0.25, 0.3) is 0 Å². The van der Waals surface area contributed by atoms with Crippen molar-refractivity contribution in [2.24, 2.45) is 5.41 Å². The third-order valence-electron chi connectivity index (χ3n) is 5.60. The van der Waals surface area contributed by atoms with E-state index in [0.29, 0.717) is 0 Å². The Labute approximate surface area is 153 Å². The number of hydrogen-bond donors (Lipinski definition) is 2. The average Bonchev–Trinajstić information content (AvgIpc) is 2.42. The number of methoxy groups -OCH3 is 1. The van der Waals surface area contributed by atoms with E-state index in [9.17, 15) is 14.7 Å². The van der Waals surface area contributed by atoms with Crippen LogP contribution in [0.2, 0.25) is 0 Å². The average molecular weight is 361 g/mol. The Morgan fingerprint density at radius 3 is 2.31 bits per heavy atom. The highest BCUT2D eigenvalue weighted by atomic mass is 16.6. The van der Waals surface area contributed by atoms with Crippen LogP contribution in [0.3, 0.4) is 0 Å². The topological polar surface area (TPSA) is 84.9 Å². The van der Waals surface area contributed by atoms with E-state index in [1.54, 1.807) is 27.9 Å². The minimum Gasteiger partial charge on any atom is -0.497 e. The molecular weight excluding hydrogens is 334 g/mol. The van der Waals surface area contributed by atoms with Crippen LogP contribution in [-0.4, -0.2) is 35.9 Å². The molecule has 0 heterocycles. The monoisotopic (exact) mass is 361 g/mol. The fraction of sp³-hybridized carbons (Fsp3) is 0.600. The molecule has 2 N–H and O–H groups in total. The molecule has 1 amide bonds. The van der Waals surface area contributed by atoms with Crippen LogP contribution in [-0.2, 0) is 14.9 Å². The molecule has 1 unspecified atom stereocenters.